The van der Waals surface area contributed by atoms with Crippen molar-refractivity contribution in [2.24, 2.45) is 5.41 Å². The largest absolute Gasteiger partial charge is 0.478 e. The van der Waals surface area contributed by atoms with E-state index in [1.807, 2.05) is 0 Å². The van der Waals surface area contributed by atoms with Crippen LogP contribution in [0.25, 0.3) is 11.4 Å². The van der Waals surface area contributed by atoms with E-state index in [2.05, 4.69) is 30.9 Å². The van der Waals surface area contributed by atoms with E-state index in [-0.39, 0.29) is 11.0 Å². The van der Waals surface area contributed by atoms with E-state index < -0.39 is 5.97 Å². The number of carboxylic acid groups (broad SMARTS) is 1. The van der Waals surface area contributed by atoms with Gasteiger partial charge in [-0.15, -0.1) is 0 Å². The highest BCUT2D eigenvalue weighted by molar-refractivity contribution is 5.89. The van der Waals surface area contributed by atoms with Crippen molar-refractivity contribution in [1.82, 2.24) is 10.1 Å². The highest BCUT2D eigenvalue weighted by Gasteiger charge is 2.17. The zero-order valence-corrected chi connectivity index (χ0v) is 11.2. The molecule has 0 aliphatic carbocycles. The molecule has 19 heavy (non-hydrogen) atoms. The lowest BCUT2D eigenvalue weighted by atomic mass is 9.92. The van der Waals surface area contributed by atoms with Crippen molar-refractivity contribution in [2.45, 2.75) is 27.2 Å². The fourth-order valence-electron chi connectivity index (χ4n) is 1.69. The molecule has 0 amide bonds. The Bertz CT molecular complexity index is 597. The van der Waals surface area contributed by atoms with Crippen molar-refractivity contribution >= 4 is 5.97 Å². The molecule has 0 saturated carbocycles. The summed E-state index contributed by atoms with van der Waals surface area (Å²) in [6.07, 6.45) is 0.679. The third-order valence-corrected chi connectivity index (χ3v) is 2.52. The lowest BCUT2D eigenvalue weighted by Gasteiger charge is -2.13. The van der Waals surface area contributed by atoms with Crippen LogP contribution in [0.2, 0.25) is 0 Å². The van der Waals surface area contributed by atoms with Crippen molar-refractivity contribution in [3.8, 4) is 11.4 Å². The van der Waals surface area contributed by atoms with Gasteiger partial charge < -0.3 is 9.63 Å². The molecule has 0 aliphatic rings. The molecule has 0 atom stereocenters. The number of carboxylic acids is 1. The average Bonchev–Trinajstić information content (AvgIpc) is 2.75. The molecule has 0 saturated heterocycles. The molecule has 1 heterocycles. The highest BCUT2D eigenvalue weighted by Crippen LogP contribution is 2.22. The maximum Gasteiger partial charge on any atom is 0.335 e. The number of hydrogen-bond donors (Lipinski definition) is 1. The summed E-state index contributed by atoms with van der Waals surface area (Å²) in [6.45, 7) is 6.26. The van der Waals surface area contributed by atoms with Crippen molar-refractivity contribution < 1.29 is 14.4 Å². The highest BCUT2D eigenvalue weighted by atomic mass is 16.5. The molecule has 1 aromatic heterocycles. The van der Waals surface area contributed by atoms with E-state index in [0.29, 0.717) is 23.7 Å². The molecule has 5 heteroatoms. The van der Waals surface area contributed by atoms with Crippen LogP contribution in [0.1, 0.15) is 37.0 Å². The maximum atomic E-state index is 10.9. The van der Waals surface area contributed by atoms with Crippen LogP contribution >= 0.6 is 0 Å². The Morgan fingerprint density at radius 3 is 2.74 bits per heavy atom. The second kappa shape index (κ2) is 4.84. The van der Waals surface area contributed by atoms with Crippen LogP contribution in [0.4, 0.5) is 0 Å². The summed E-state index contributed by atoms with van der Waals surface area (Å²) in [5.41, 5.74) is 0.913. The summed E-state index contributed by atoms with van der Waals surface area (Å²) in [6, 6.07) is 6.49. The van der Waals surface area contributed by atoms with E-state index in [9.17, 15) is 4.79 Å². The molecule has 0 bridgehead atoms. The molecular weight excluding hydrogens is 244 g/mol. The molecule has 0 radical (unpaired) electrons. The number of hydrogen-bond acceptors (Lipinski definition) is 4. The molecular formula is C14H16N2O3. The van der Waals surface area contributed by atoms with Gasteiger partial charge in [0.15, 0.2) is 0 Å². The predicted octanol–water partition coefficient (Wildman–Crippen LogP) is 3.02. The number of rotatable bonds is 3. The summed E-state index contributed by atoms with van der Waals surface area (Å²) in [5, 5.41) is 12.8. The molecule has 2 rings (SSSR count). The predicted molar refractivity (Wildman–Crippen MR) is 69.9 cm³/mol. The van der Waals surface area contributed by atoms with Gasteiger partial charge in [0.05, 0.1) is 5.56 Å². The van der Waals surface area contributed by atoms with Gasteiger partial charge in [0.2, 0.25) is 11.7 Å². The normalized spacial score (nSPS) is 11.5. The number of aromatic nitrogens is 2. The van der Waals surface area contributed by atoms with Gasteiger partial charge in [-0.25, -0.2) is 4.79 Å². The van der Waals surface area contributed by atoms with E-state index in [0.717, 1.165) is 0 Å². The van der Waals surface area contributed by atoms with Crippen LogP contribution in [-0.2, 0) is 6.42 Å². The van der Waals surface area contributed by atoms with Crippen LogP contribution in [0.5, 0.6) is 0 Å². The van der Waals surface area contributed by atoms with Crippen molar-refractivity contribution in [1.29, 1.82) is 0 Å². The van der Waals surface area contributed by atoms with Crippen molar-refractivity contribution in [2.75, 3.05) is 0 Å². The standard InChI is InChI=1S/C14H16N2O3/c1-14(2,3)8-11-15-12(16-19-11)9-5-4-6-10(7-9)13(17)18/h4-7H,8H2,1-3H3,(H,17,18). The minimum absolute atomic E-state index is 0.0622. The molecule has 0 fully saturated rings. The molecule has 0 aliphatic heterocycles. The van der Waals surface area contributed by atoms with E-state index in [1.165, 1.54) is 12.1 Å². The lowest BCUT2D eigenvalue weighted by Crippen LogP contribution is -2.09. The molecule has 5 nitrogen and oxygen atoms in total. The Kier molecular flexibility index (Phi) is 3.38. The Labute approximate surface area is 111 Å². The first kappa shape index (κ1) is 13.3. The Balaban J connectivity index is 2.28. The molecule has 1 N–H and O–H groups in total. The van der Waals surface area contributed by atoms with Crippen molar-refractivity contribution in [3.63, 3.8) is 0 Å². The number of carbonyl (C=O) groups is 1. The number of aromatic carboxylic acids is 1. The van der Waals surface area contributed by atoms with Gasteiger partial charge in [0.1, 0.15) is 0 Å². The Morgan fingerprint density at radius 2 is 2.11 bits per heavy atom. The molecule has 2 aromatic rings. The van der Waals surface area contributed by atoms with Gasteiger partial charge in [0.25, 0.3) is 0 Å². The van der Waals surface area contributed by atoms with Gasteiger partial charge in [-0.05, 0) is 17.5 Å². The second-order valence-electron chi connectivity index (χ2n) is 5.64. The summed E-state index contributed by atoms with van der Waals surface area (Å²) in [7, 11) is 0. The third kappa shape index (κ3) is 3.40. The quantitative estimate of drug-likeness (QED) is 0.917. The molecule has 1 aromatic carbocycles. The summed E-state index contributed by atoms with van der Waals surface area (Å²) in [5.74, 6) is 0.00541. The van der Waals surface area contributed by atoms with Crippen LogP contribution in [0.3, 0.4) is 0 Å². The van der Waals surface area contributed by atoms with Gasteiger partial charge in [-0.1, -0.05) is 38.1 Å². The second-order valence-corrected chi connectivity index (χ2v) is 5.64. The zero-order chi connectivity index (χ0) is 14.0. The summed E-state index contributed by atoms with van der Waals surface area (Å²) < 4.78 is 5.19. The fraction of sp³-hybridized carbons (Fsp3) is 0.357. The smallest absolute Gasteiger partial charge is 0.335 e. The van der Waals surface area contributed by atoms with E-state index in [4.69, 9.17) is 9.63 Å². The lowest BCUT2D eigenvalue weighted by molar-refractivity contribution is 0.0697. The maximum absolute atomic E-state index is 10.9. The minimum atomic E-state index is -0.972. The number of nitrogens with zero attached hydrogens (tertiary/aromatic N) is 2. The van der Waals surface area contributed by atoms with Gasteiger partial charge in [-0.3, -0.25) is 0 Å². The van der Waals surface area contributed by atoms with Crippen LogP contribution in [0.15, 0.2) is 28.8 Å². The van der Waals surface area contributed by atoms with Gasteiger partial charge >= 0.3 is 5.97 Å². The van der Waals surface area contributed by atoms with E-state index >= 15 is 0 Å². The van der Waals surface area contributed by atoms with Gasteiger partial charge in [-0.2, -0.15) is 4.98 Å². The monoisotopic (exact) mass is 260 g/mol. The first-order valence-corrected chi connectivity index (χ1v) is 6.01. The summed E-state index contributed by atoms with van der Waals surface area (Å²) in [4.78, 5) is 15.2. The zero-order valence-electron chi connectivity index (χ0n) is 11.2. The Hall–Kier alpha value is -2.17. The topological polar surface area (TPSA) is 76.2 Å². The number of benzene rings is 1. The van der Waals surface area contributed by atoms with Crippen LogP contribution < -0.4 is 0 Å². The third-order valence-electron chi connectivity index (χ3n) is 2.52. The SMILES string of the molecule is CC(C)(C)Cc1nc(-c2cccc(C(=O)O)c2)no1. The average molecular weight is 260 g/mol. The van der Waals surface area contributed by atoms with Crippen LogP contribution in [0, 0.1) is 5.41 Å². The first-order valence-electron chi connectivity index (χ1n) is 6.01. The Morgan fingerprint density at radius 1 is 1.37 bits per heavy atom. The fourth-order valence-corrected chi connectivity index (χ4v) is 1.69. The van der Waals surface area contributed by atoms with Gasteiger partial charge in [0, 0.05) is 12.0 Å². The van der Waals surface area contributed by atoms with Crippen LogP contribution in [-0.4, -0.2) is 21.2 Å². The van der Waals surface area contributed by atoms with E-state index in [1.54, 1.807) is 12.1 Å². The molecule has 100 valence electrons. The summed E-state index contributed by atoms with van der Waals surface area (Å²) >= 11 is 0. The minimum Gasteiger partial charge on any atom is -0.478 e. The first-order chi connectivity index (χ1) is 8.85. The van der Waals surface area contributed by atoms with Crippen molar-refractivity contribution in [3.05, 3.63) is 35.7 Å². The molecule has 0 spiro atoms. The molecule has 0 unspecified atom stereocenters.